The van der Waals surface area contributed by atoms with Crippen molar-refractivity contribution in [1.82, 2.24) is 5.32 Å². The van der Waals surface area contributed by atoms with Gasteiger partial charge in [0.25, 0.3) is 0 Å². The van der Waals surface area contributed by atoms with Crippen molar-refractivity contribution in [2.45, 2.75) is 24.0 Å². The minimum Gasteiger partial charge on any atom is -0.497 e. The molecule has 0 fully saturated rings. The predicted molar refractivity (Wildman–Crippen MR) is 92.6 cm³/mol. The molecule has 118 valence electrons. The summed E-state index contributed by atoms with van der Waals surface area (Å²) in [6, 6.07) is 16.2. The Morgan fingerprint density at radius 2 is 1.64 bits per heavy atom. The van der Waals surface area contributed by atoms with Gasteiger partial charge in [-0.2, -0.15) is 0 Å². The van der Waals surface area contributed by atoms with Gasteiger partial charge in [-0.3, -0.25) is 0 Å². The monoisotopic (exact) mass is 317 g/mol. The lowest BCUT2D eigenvalue weighted by Gasteiger charge is -2.18. The molecule has 2 N–H and O–H groups in total. The van der Waals surface area contributed by atoms with E-state index < -0.39 is 6.10 Å². The van der Waals surface area contributed by atoms with E-state index in [1.165, 1.54) is 10.5 Å². The third-order valence-electron chi connectivity index (χ3n) is 3.73. The normalized spacial score (nSPS) is 13.6. The Balaban J connectivity index is 1.89. The molecule has 2 aromatic rings. The summed E-state index contributed by atoms with van der Waals surface area (Å²) in [5.74, 6) is 0.797. The SMILES string of the molecule is COc1ccc(C(O)CNC(C)c2ccc(SC)cc2)cc1. The molecule has 22 heavy (non-hydrogen) atoms. The Hall–Kier alpha value is -1.49. The van der Waals surface area contributed by atoms with Gasteiger partial charge in [0.05, 0.1) is 13.2 Å². The maximum absolute atomic E-state index is 10.3. The van der Waals surface area contributed by atoms with Gasteiger partial charge in [0.2, 0.25) is 0 Å². The number of benzene rings is 2. The van der Waals surface area contributed by atoms with E-state index in [1.54, 1.807) is 18.9 Å². The summed E-state index contributed by atoms with van der Waals surface area (Å²) in [5, 5.41) is 13.6. The van der Waals surface area contributed by atoms with Gasteiger partial charge in [-0.25, -0.2) is 0 Å². The lowest BCUT2D eigenvalue weighted by atomic mass is 10.1. The minimum atomic E-state index is -0.529. The van der Waals surface area contributed by atoms with Crippen LogP contribution in [0, 0.1) is 0 Å². The van der Waals surface area contributed by atoms with Crippen LogP contribution in [0.25, 0.3) is 0 Å². The van der Waals surface area contributed by atoms with Crippen molar-refractivity contribution in [3.63, 3.8) is 0 Å². The molecule has 0 amide bonds. The number of methoxy groups -OCH3 is 1. The highest BCUT2D eigenvalue weighted by Gasteiger charge is 2.11. The third kappa shape index (κ3) is 4.50. The van der Waals surface area contributed by atoms with Crippen LogP contribution in [0.5, 0.6) is 5.75 Å². The summed E-state index contributed by atoms with van der Waals surface area (Å²) in [6.45, 7) is 2.62. The molecule has 0 aliphatic rings. The summed E-state index contributed by atoms with van der Waals surface area (Å²) in [4.78, 5) is 1.26. The molecule has 2 rings (SSSR count). The smallest absolute Gasteiger partial charge is 0.118 e. The highest BCUT2D eigenvalue weighted by Crippen LogP contribution is 2.20. The lowest BCUT2D eigenvalue weighted by molar-refractivity contribution is 0.170. The Morgan fingerprint density at radius 1 is 1.05 bits per heavy atom. The van der Waals surface area contributed by atoms with Crippen LogP contribution in [0.4, 0.5) is 0 Å². The maximum Gasteiger partial charge on any atom is 0.118 e. The van der Waals surface area contributed by atoms with Gasteiger partial charge < -0.3 is 15.2 Å². The summed E-state index contributed by atoms with van der Waals surface area (Å²) in [7, 11) is 1.64. The minimum absolute atomic E-state index is 0.198. The van der Waals surface area contributed by atoms with Gasteiger partial charge in [0.15, 0.2) is 0 Å². The van der Waals surface area contributed by atoms with Gasteiger partial charge in [-0.05, 0) is 48.6 Å². The first-order chi connectivity index (χ1) is 10.6. The zero-order valence-corrected chi connectivity index (χ0v) is 14.1. The molecule has 0 aromatic heterocycles. The first-order valence-electron chi connectivity index (χ1n) is 7.33. The van der Waals surface area contributed by atoms with E-state index >= 15 is 0 Å². The summed E-state index contributed by atoms with van der Waals surface area (Å²) >= 11 is 1.74. The van der Waals surface area contributed by atoms with E-state index in [0.29, 0.717) is 6.54 Å². The van der Waals surface area contributed by atoms with Crippen molar-refractivity contribution in [2.24, 2.45) is 0 Å². The molecule has 4 heteroatoms. The van der Waals surface area contributed by atoms with Crippen molar-refractivity contribution in [1.29, 1.82) is 0 Å². The Morgan fingerprint density at radius 3 is 2.18 bits per heavy atom. The van der Waals surface area contributed by atoms with Crippen molar-refractivity contribution in [2.75, 3.05) is 19.9 Å². The van der Waals surface area contributed by atoms with Crippen LogP contribution in [0.1, 0.15) is 30.2 Å². The Labute approximate surface area is 136 Å². The molecule has 2 aromatic carbocycles. The standard InChI is InChI=1S/C18H23NO2S/c1-13(14-6-10-17(22-3)11-7-14)19-12-18(20)15-4-8-16(21-2)9-5-15/h4-11,13,18-20H,12H2,1-3H3. The largest absolute Gasteiger partial charge is 0.497 e. The molecule has 0 radical (unpaired) electrons. The fourth-order valence-electron chi connectivity index (χ4n) is 2.24. The molecule has 0 bridgehead atoms. The fraction of sp³-hybridized carbons (Fsp3) is 0.333. The molecular weight excluding hydrogens is 294 g/mol. The van der Waals surface area contributed by atoms with Crippen LogP contribution in [0.15, 0.2) is 53.4 Å². The van der Waals surface area contributed by atoms with E-state index in [2.05, 4.69) is 42.8 Å². The zero-order chi connectivity index (χ0) is 15.9. The number of nitrogens with one attached hydrogen (secondary N) is 1. The summed E-state index contributed by atoms with van der Waals surface area (Å²) < 4.78 is 5.12. The lowest BCUT2D eigenvalue weighted by Crippen LogP contribution is -2.24. The molecule has 0 saturated carbocycles. The van der Waals surface area contributed by atoms with Gasteiger partial charge in [0, 0.05) is 17.5 Å². The van der Waals surface area contributed by atoms with Crippen molar-refractivity contribution < 1.29 is 9.84 Å². The Bertz CT molecular complexity index is 515. The number of hydrogen-bond acceptors (Lipinski definition) is 4. The molecular formula is C18H23NO2S. The molecule has 3 nitrogen and oxygen atoms in total. The van der Waals surface area contributed by atoms with E-state index in [4.69, 9.17) is 4.74 Å². The maximum atomic E-state index is 10.3. The molecule has 0 aliphatic carbocycles. The van der Waals surface area contributed by atoms with Crippen LogP contribution >= 0.6 is 11.8 Å². The topological polar surface area (TPSA) is 41.5 Å². The molecule has 0 spiro atoms. The first-order valence-corrected chi connectivity index (χ1v) is 8.56. The van der Waals surface area contributed by atoms with Crippen LogP contribution in [0.3, 0.4) is 0 Å². The average molecular weight is 317 g/mol. The van der Waals surface area contributed by atoms with Crippen molar-refractivity contribution in [3.8, 4) is 5.75 Å². The van der Waals surface area contributed by atoms with Gasteiger partial charge >= 0.3 is 0 Å². The van der Waals surface area contributed by atoms with Gasteiger partial charge in [-0.15, -0.1) is 11.8 Å². The van der Waals surface area contributed by atoms with Gasteiger partial charge in [-0.1, -0.05) is 24.3 Å². The van der Waals surface area contributed by atoms with E-state index in [1.807, 2.05) is 24.3 Å². The van der Waals surface area contributed by atoms with Crippen LogP contribution in [-0.2, 0) is 0 Å². The first kappa shape index (κ1) is 16.9. The predicted octanol–water partition coefficient (Wildman–Crippen LogP) is 3.80. The highest BCUT2D eigenvalue weighted by molar-refractivity contribution is 7.98. The van der Waals surface area contributed by atoms with Crippen LogP contribution in [-0.4, -0.2) is 25.0 Å². The van der Waals surface area contributed by atoms with Gasteiger partial charge in [0.1, 0.15) is 5.75 Å². The average Bonchev–Trinajstić information content (AvgIpc) is 2.59. The Kier molecular flexibility index (Phi) is 6.31. The second kappa shape index (κ2) is 8.22. The molecule has 0 saturated heterocycles. The quantitative estimate of drug-likeness (QED) is 0.762. The van der Waals surface area contributed by atoms with Crippen molar-refractivity contribution >= 4 is 11.8 Å². The summed E-state index contributed by atoms with van der Waals surface area (Å²) in [6.07, 6.45) is 1.54. The van der Waals surface area contributed by atoms with E-state index in [9.17, 15) is 5.11 Å². The molecule has 2 atom stereocenters. The highest BCUT2D eigenvalue weighted by atomic mass is 32.2. The number of ether oxygens (including phenoxy) is 1. The number of thioether (sulfide) groups is 1. The van der Waals surface area contributed by atoms with E-state index in [0.717, 1.165) is 11.3 Å². The second-order valence-corrected chi connectivity index (χ2v) is 6.07. The zero-order valence-electron chi connectivity index (χ0n) is 13.2. The molecule has 0 heterocycles. The number of aliphatic hydroxyl groups is 1. The number of hydrogen-bond donors (Lipinski definition) is 2. The summed E-state index contributed by atoms with van der Waals surface area (Å²) in [5.41, 5.74) is 2.11. The third-order valence-corrected chi connectivity index (χ3v) is 4.48. The van der Waals surface area contributed by atoms with Crippen molar-refractivity contribution in [3.05, 3.63) is 59.7 Å². The fourth-order valence-corrected chi connectivity index (χ4v) is 2.65. The molecule has 0 aliphatic heterocycles. The van der Waals surface area contributed by atoms with Crippen LogP contribution in [0.2, 0.25) is 0 Å². The van der Waals surface area contributed by atoms with Crippen LogP contribution < -0.4 is 10.1 Å². The van der Waals surface area contributed by atoms with E-state index in [-0.39, 0.29) is 6.04 Å². The second-order valence-electron chi connectivity index (χ2n) is 5.19. The molecule has 2 unspecified atom stereocenters. The number of aliphatic hydroxyl groups excluding tert-OH is 1. The number of rotatable bonds is 7.